The molecular weight excluding hydrogens is 290 g/mol. The van der Waals surface area contributed by atoms with Crippen LogP contribution in [0.2, 0.25) is 0 Å². The van der Waals surface area contributed by atoms with Crippen LogP contribution < -0.4 is 10.5 Å². The van der Waals surface area contributed by atoms with E-state index < -0.39 is 0 Å². The van der Waals surface area contributed by atoms with Crippen molar-refractivity contribution in [3.8, 4) is 5.75 Å². The number of anilines is 1. The van der Waals surface area contributed by atoms with E-state index >= 15 is 0 Å². The molecule has 0 atom stereocenters. The Balaban J connectivity index is 1.73. The molecule has 0 unspecified atom stereocenters. The lowest BCUT2D eigenvalue weighted by atomic mass is 10.1. The Bertz CT molecular complexity index is 431. The predicted molar refractivity (Wildman–Crippen MR) is 78.8 cm³/mol. The lowest BCUT2D eigenvalue weighted by Gasteiger charge is -2.06. The summed E-state index contributed by atoms with van der Waals surface area (Å²) in [7, 11) is 0. The molecule has 0 saturated heterocycles. The van der Waals surface area contributed by atoms with Crippen LogP contribution in [0.3, 0.4) is 0 Å². The van der Waals surface area contributed by atoms with Crippen molar-refractivity contribution in [3.63, 3.8) is 0 Å². The second-order valence-corrected chi connectivity index (χ2v) is 5.06. The van der Waals surface area contributed by atoms with E-state index in [-0.39, 0.29) is 0 Å². The molecular formula is C15H16BrNO. The molecule has 2 aromatic rings. The van der Waals surface area contributed by atoms with Gasteiger partial charge in [-0.2, -0.15) is 0 Å². The van der Waals surface area contributed by atoms with Gasteiger partial charge in [-0.25, -0.2) is 0 Å². The van der Waals surface area contributed by atoms with Gasteiger partial charge in [-0.3, -0.25) is 0 Å². The van der Waals surface area contributed by atoms with Crippen LogP contribution in [0.15, 0.2) is 53.0 Å². The number of benzene rings is 2. The Hall–Kier alpha value is -1.48. The van der Waals surface area contributed by atoms with Gasteiger partial charge in [-0.05, 0) is 54.8 Å². The van der Waals surface area contributed by atoms with Gasteiger partial charge in [0, 0.05) is 10.2 Å². The first-order chi connectivity index (χ1) is 8.74. The summed E-state index contributed by atoms with van der Waals surface area (Å²) in [5.41, 5.74) is 7.75. The Morgan fingerprint density at radius 3 is 2.28 bits per heavy atom. The molecule has 0 spiro atoms. The number of rotatable bonds is 5. The zero-order valence-electron chi connectivity index (χ0n) is 10.1. The molecule has 0 aliphatic carbocycles. The highest BCUT2D eigenvalue weighted by Gasteiger charge is 1.96. The van der Waals surface area contributed by atoms with E-state index in [2.05, 4.69) is 28.1 Å². The van der Waals surface area contributed by atoms with Crippen molar-refractivity contribution in [2.75, 3.05) is 12.3 Å². The third-order valence-corrected chi connectivity index (χ3v) is 3.20. The van der Waals surface area contributed by atoms with Gasteiger partial charge in [0.05, 0.1) is 6.61 Å². The number of hydrogen-bond donors (Lipinski definition) is 1. The molecule has 0 aliphatic heterocycles. The molecule has 0 fully saturated rings. The van der Waals surface area contributed by atoms with Crippen LogP contribution in [-0.4, -0.2) is 6.61 Å². The standard InChI is InChI=1S/C15H16BrNO/c16-13-5-9-15(10-6-13)18-11-1-2-12-3-7-14(17)8-4-12/h3-10H,1-2,11,17H2. The Kier molecular flexibility index (Phi) is 4.65. The zero-order chi connectivity index (χ0) is 12.8. The molecule has 3 heteroatoms. The van der Waals surface area contributed by atoms with Crippen LogP contribution in [-0.2, 0) is 6.42 Å². The van der Waals surface area contributed by atoms with Gasteiger partial charge in [0.2, 0.25) is 0 Å². The number of halogens is 1. The Morgan fingerprint density at radius 2 is 1.61 bits per heavy atom. The average molecular weight is 306 g/mol. The van der Waals surface area contributed by atoms with Crippen LogP contribution in [0.5, 0.6) is 5.75 Å². The molecule has 0 bridgehead atoms. The maximum absolute atomic E-state index is 5.66. The van der Waals surface area contributed by atoms with Gasteiger partial charge in [-0.15, -0.1) is 0 Å². The highest BCUT2D eigenvalue weighted by Crippen LogP contribution is 2.16. The van der Waals surface area contributed by atoms with E-state index in [0.29, 0.717) is 0 Å². The normalized spacial score (nSPS) is 10.3. The lowest BCUT2D eigenvalue weighted by Crippen LogP contribution is -1.99. The van der Waals surface area contributed by atoms with Crippen LogP contribution in [0.25, 0.3) is 0 Å². The smallest absolute Gasteiger partial charge is 0.119 e. The molecule has 2 nitrogen and oxygen atoms in total. The topological polar surface area (TPSA) is 35.2 Å². The van der Waals surface area contributed by atoms with E-state index in [9.17, 15) is 0 Å². The molecule has 0 saturated carbocycles. The lowest BCUT2D eigenvalue weighted by molar-refractivity contribution is 0.311. The summed E-state index contributed by atoms with van der Waals surface area (Å²) in [5, 5.41) is 0. The monoisotopic (exact) mass is 305 g/mol. The van der Waals surface area contributed by atoms with Crippen LogP contribution >= 0.6 is 15.9 Å². The van der Waals surface area contributed by atoms with Crippen LogP contribution in [0.1, 0.15) is 12.0 Å². The minimum Gasteiger partial charge on any atom is -0.494 e. The molecule has 0 radical (unpaired) electrons. The number of hydrogen-bond acceptors (Lipinski definition) is 2. The SMILES string of the molecule is Nc1ccc(CCCOc2ccc(Br)cc2)cc1. The quantitative estimate of drug-likeness (QED) is 0.668. The first-order valence-corrected chi connectivity index (χ1v) is 6.76. The average Bonchev–Trinajstić information content (AvgIpc) is 2.39. The third kappa shape index (κ3) is 4.08. The molecule has 18 heavy (non-hydrogen) atoms. The summed E-state index contributed by atoms with van der Waals surface area (Å²) in [6.45, 7) is 0.728. The maximum atomic E-state index is 5.66. The first kappa shape index (κ1) is 13.0. The molecule has 0 heterocycles. The number of aryl methyl sites for hydroxylation is 1. The summed E-state index contributed by atoms with van der Waals surface area (Å²) in [4.78, 5) is 0. The van der Waals surface area contributed by atoms with Gasteiger partial charge < -0.3 is 10.5 Å². The number of ether oxygens (including phenoxy) is 1. The fourth-order valence-electron chi connectivity index (χ4n) is 1.68. The Morgan fingerprint density at radius 1 is 0.944 bits per heavy atom. The third-order valence-electron chi connectivity index (χ3n) is 2.67. The van der Waals surface area contributed by atoms with E-state index in [4.69, 9.17) is 10.5 Å². The van der Waals surface area contributed by atoms with Crippen molar-refractivity contribution < 1.29 is 4.74 Å². The van der Waals surface area contributed by atoms with Gasteiger partial charge in [0.1, 0.15) is 5.75 Å². The summed E-state index contributed by atoms with van der Waals surface area (Å²) < 4.78 is 6.73. The minimum absolute atomic E-state index is 0.728. The molecule has 2 N–H and O–H groups in total. The van der Waals surface area contributed by atoms with Crippen molar-refractivity contribution in [1.82, 2.24) is 0 Å². The van der Waals surface area contributed by atoms with Crippen molar-refractivity contribution in [3.05, 3.63) is 58.6 Å². The largest absolute Gasteiger partial charge is 0.494 e. The minimum atomic E-state index is 0.728. The van der Waals surface area contributed by atoms with E-state index in [0.717, 1.165) is 35.4 Å². The van der Waals surface area contributed by atoms with Crippen LogP contribution in [0.4, 0.5) is 5.69 Å². The van der Waals surface area contributed by atoms with Crippen molar-refractivity contribution in [2.24, 2.45) is 0 Å². The summed E-state index contributed by atoms with van der Waals surface area (Å²) >= 11 is 3.40. The second kappa shape index (κ2) is 6.45. The number of nitrogen functional groups attached to an aromatic ring is 1. The van der Waals surface area contributed by atoms with Gasteiger partial charge >= 0.3 is 0 Å². The summed E-state index contributed by atoms with van der Waals surface area (Å²) in [6, 6.07) is 15.9. The van der Waals surface area contributed by atoms with Crippen molar-refractivity contribution in [1.29, 1.82) is 0 Å². The van der Waals surface area contributed by atoms with E-state index in [1.165, 1.54) is 5.56 Å². The van der Waals surface area contributed by atoms with Gasteiger partial charge in [0.15, 0.2) is 0 Å². The second-order valence-electron chi connectivity index (χ2n) is 4.15. The van der Waals surface area contributed by atoms with Crippen molar-refractivity contribution >= 4 is 21.6 Å². The zero-order valence-corrected chi connectivity index (χ0v) is 11.7. The van der Waals surface area contributed by atoms with E-state index in [1.54, 1.807) is 0 Å². The van der Waals surface area contributed by atoms with Gasteiger partial charge in [0.25, 0.3) is 0 Å². The summed E-state index contributed by atoms with van der Waals surface area (Å²) in [6.07, 6.45) is 2.01. The fourth-order valence-corrected chi connectivity index (χ4v) is 1.95. The first-order valence-electron chi connectivity index (χ1n) is 5.97. The molecule has 0 aliphatic rings. The highest BCUT2D eigenvalue weighted by molar-refractivity contribution is 9.10. The molecule has 2 aromatic carbocycles. The van der Waals surface area contributed by atoms with Crippen LogP contribution in [0, 0.1) is 0 Å². The van der Waals surface area contributed by atoms with E-state index in [1.807, 2.05) is 36.4 Å². The Labute approximate surface area is 116 Å². The fraction of sp³-hybridized carbons (Fsp3) is 0.200. The maximum Gasteiger partial charge on any atom is 0.119 e. The summed E-state index contributed by atoms with van der Waals surface area (Å²) in [5.74, 6) is 0.913. The highest BCUT2D eigenvalue weighted by atomic mass is 79.9. The van der Waals surface area contributed by atoms with Gasteiger partial charge in [-0.1, -0.05) is 28.1 Å². The molecule has 94 valence electrons. The number of nitrogens with two attached hydrogens (primary N) is 1. The molecule has 2 rings (SSSR count). The molecule has 0 aromatic heterocycles. The molecule has 0 amide bonds. The van der Waals surface area contributed by atoms with Crippen molar-refractivity contribution in [2.45, 2.75) is 12.8 Å². The predicted octanol–water partition coefficient (Wildman–Crippen LogP) is 4.04.